The molecule has 0 bridgehead atoms. The number of rotatable bonds is 1. The SMILES string of the molecule is C=C1NC1C(=O)OC. The van der Waals surface area contributed by atoms with Crippen LogP contribution in [0.4, 0.5) is 0 Å². The molecule has 0 spiro atoms. The standard InChI is InChI=1S/C5H7NO2/c1-3-4(6-3)5(7)8-2/h4,6H,1H2,2H3. The third-order valence-corrected chi connectivity index (χ3v) is 1.03. The molecule has 1 unspecified atom stereocenters. The Morgan fingerprint density at radius 2 is 2.50 bits per heavy atom. The van der Waals surface area contributed by atoms with E-state index in [0.29, 0.717) is 0 Å². The lowest BCUT2D eigenvalue weighted by molar-refractivity contribution is -0.139. The lowest BCUT2D eigenvalue weighted by atomic mass is 10.4. The second kappa shape index (κ2) is 1.51. The van der Waals surface area contributed by atoms with Crippen LogP contribution in [0, 0.1) is 0 Å². The van der Waals surface area contributed by atoms with Gasteiger partial charge in [-0.25, -0.2) is 4.79 Å². The van der Waals surface area contributed by atoms with E-state index < -0.39 is 0 Å². The van der Waals surface area contributed by atoms with Crippen molar-refractivity contribution in [2.75, 3.05) is 7.11 Å². The number of ether oxygens (including phenoxy) is 1. The summed E-state index contributed by atoms with van der Waals surface area (Å²) in [6, 6.07) is -0.222. The van der Waals surface area contributed by atoms with Gasteiger partial charge in [-0.15, -0.1) is 0 Å². The third-order valence-electron chi connectivity index (χ3n) is 1.03. The van der Waals surface area contributed by atoms with Crippen LogP contribution in [-0.2, 0) is 9.53 Å². The van der Waals surface area contributed by atoms with Crippen molar-refractivity contribution in [3.05, 3.63) is 12.3 Å². The number of nitrogens with one attached hydrogen (secondary N) is 1. The highest BCUT2D eigenvalue weighted by Crippen LogP contribution is 2.12. The predicted molar refractivity (Wildman–Crippen MR) is 28.1 cm³/mol. The summed E-state index contributed by atoms with van der Waals surface area (Å²) in [5.74, 6) is -0.255. The van der Waals surface area contributed by atoms with Gasteiger partial charge in [-0.05, 0) is 0 Å². The van der Waals surface area contributed by atoms with E-state index in [1.807, 2.05) is 0 Å². The highest BCUT2D eigenvalue weighted by molar-refractivity contribution is 5.84. The summed E-state index contributed by atoms with van der Waals surface area (Å²) >= 11 is 0. The third kappa shape index (κ3) is 0.665. The molecule has 1 aliphatic heterocycles. The van der Waals surface area contributed by atoms with Crippen molar-refractivity contribution in [3.63, 3.8) is 0 Å². The molecule has 44 valence electrons. The fourth-order valence-electron chi connectivity index (χ4n) is 0.463. The first-order chi connectivity index (χ1) is 3.75. The molecular formula is C5H7NO2. The maximum atomic E-state index is 10.4. The van der Waals surface area contributed by atoms with Crippen molar-refractivity contribution in [3.8, 4) is 0 Å². The number of carbonyl (C=O) groups is 1. The zero-order valence-electron chi connectivity index (χ0n) is 4.60. The summed E-state index contributed by atoms with van der Waals surface area (Å²) in [4.78, 5) is 10.4. The second-order valence-electron chi connectivity index (χ2n) is 1.63. The van der Waals surface area contributed by atoms with Gasteiger partial charge in [-0.1, -0.05) is 6.58 Å². The van der Waals surface area contributed by atoms with E-state index in [-0.39, 0.29) is 12.0 Å². The summed E-state index contributed by atoms with van der Waals surface area (Å²) in [5, 5.41) is 2.71. The summed E-state index contributed by atoms with van der Waals surface area (Å²) in [5.41, 5.74) is 0.747. The van der Waals surface area contributed by atoms with E-state index in [9.17, 15) is 4.79 Å². The molecule has 0 aliphatic carbocycles. The molecule has 0 amide bonds. The maximum Gasteiger partial charge on any atom is 0.334 e. The molecule has 0 radical (unpaired) electrons. The predicted octanol–water partition coefficient (Wildman–Crippen LogP) is -0.355. The maximum absolute atomic E-state index is 10.4. The molecule has 3 nitrogen and oxygen atoms in total. The molecule has 1 atom stereocenters. The van der Waals surface area contributed by atoms with E-state index in [1.54, 1.807) is 0 Å². The number of carbonyl (C=O) groups excluding carboxylic acids is 1. The monoisotopic (exact) mass is 113 g/mol. The largest absolute Gasteiger partial charge is 0.467 e. The molecule has 1 N–H and O–H groups in total. The normalized spacial score (nSPS) is 24.1. The van der Waals surface area contributed by atoms with Crippen LogP contribution in [0.15, 0.2) is 12.3 Å². The zero-order chi connectivity index (χ0) is 6.15. The van der Waals surface area contributed by atoms with Crippen molar-refractivity contribution in [2.24, 2.45) is 0 Å². The molecular weight excluding hydrogens is 106 g/mol. The summed E-state index contributed by atoms with van der Waals surface area (Å²) in [6.07, 6.45) is 0. The Balaban J connectivity index is 2.39. The van der Waals surface area contributed by atoms with Crippen molar-refractivity contribution < 1.29 is 9.53 Å². The van der Waals surface area contributed by atoms with Crippen LogP contribution in [0.3, 0.4) is 0 Å². The molecule has 0 saturated carbocycles. The molecule has 0 aromatic rings. The van der Waals surface area contributed by atoms with Crippen LogP contribution < -0.4 is 5.32 Å². The first-order valence-corrected chi connectivity index (χ1v) is 2.29. The minimum atomic E-state index is -0.255. The minimum Gasteiger partial charge on any atom is -0.467 e. The fraction of sp³-hybridized carbons (Fsp3) is 0.400. The lowest BCUT2D eigenvalue weighted by Gasteiger charge is -1.88. The topological polar surface area (TPSA) is 48.2 Å². The van der Waals surface area contributed by atoms with Crippen molar-refractivity contribution in [1.82, 2.24) is 5.32 Å². The van der Waals surface area contributed by atoms with E-state index in [2.05, 4.69) is 16.6 Å². The van der Waals surface area contributed by atoms with Gasteiger partial charge in [0.25, 0.3) is 0 Å². The van der Waals surface area contributed by atoms with E-state index in [0.717, 1.165) is 5.70 Å². The molecule has 1 rings (SSSR count). The first-order valence-electron chi connectivity index (χ1n) is 2.29. The van der Waals surface area contributed by atoms with Crippen LogP contribution in [0.2, 0.25) is 0 Å². The number of methoxy groups -OCH3 is 1. The van der Waals surface area contributed by atoms with Gasteiger partial charge in [0.15, 0.2) is 6.04 Å². The zero-order valence-corrected chi connectivity index (χ0v) is 4.60. The van der Waals surface area contributed by atoms with Crippen LogP contribution in [0.5, 0.6) is 0 Å². The molecule has 0 aromatic carbocycles. The number of hydrogen-bond acceptors (Lipinski definition) is 3. The number of esters is 1. The van der Waals surface area contributed by atoms with E-state index in [4.69, 9.17) is 0 Å². The van der Waals surface area contributed by atoms with Crippen molar-refractivity contribution >= 4 is 5.97 Å². The minimum absolute atomic E-state index is 0.222. The van der Waals surface area contributed by atoms with Gasteiger partial charge in [0.05, 0.1) is 7.11 Å². The van der Waals surface area contributed by atoms with Crippen LogP contribution in [-0.4, -0.2) is 19.1 Å². The molecule has 1 saturated heterocycles. The molecule has 0 aromatic heterocycles. The van der Waals surface area contributed by atoms with Crippen LogP contribution in [0.25, 0.3) is 0 Å². The van der Waals surface area contributed by atoms with Gasteiger partial charge in [0.1, 0.15) is 0 Å². The smallest absolute Gasteiger partial charge is 0.334 e. The summed E-state index contributed by atoms with van der Waals surface area (Å²) < 4.78 is 4.38. The molecule has 8 heavy (non-hydrogen) atoms. The average Bonchev–Trinajstić information content (AvgIpc) is 2.45. The molecule has 1 heterocycles. The first kappa shape index (κ1) is 5.15. The lowest BCUT2D eigenvalue weighted by Crippen LogP contribution is -2.10. The number of hydrogen-bond donors (Lipinski definition) is 1. The van der Waals surface area contributed by atoms with E-state index >= 15 is 0 Å². The van der Waals surface area contributed by atoms with Crippen LogP contribution >= 0.6 is 0 Å². The molecule has 1 aliphatic rings. The summed E-state index contributed by atoms with van der Waals surface area (Å²) in [6.45, 7) is 3.51. The highest BCUT2D eigenvalue weighted by atomic mass is 16.5. The van der Waals surface area contributed by atoms with Crippen molar-refractivity contribution in [1.29, 1.82) is 0 Å². The average molecular weight is 113 g/mol. The van der Waals surface area contributed by atoms with Gasteiger partial charge < -0.3 is 10.1 Å². The molecule has 1 fully saturated rings. The highest BCUT2D eigenvalue weighted by Gasteiger charge is 2.34. The second-order valence-corrected chi connectivity index (χ2v) is 1.63. The Hall–Kier alpha value is -0.990. The molecule has 3 heteroatoms. The fourth-order valence-corrected chi connectivity index (χ4v) is 0.463. The Morgan fingerprint density at radius 3 is 2.62 bits per heavy atom. The van der Waals surface area contributed by atoms with Gasteiger partial charge >= 0.3 is 5.97 Å². The van der Waals surface area contributed by atoms with Crippen LogP contribution in [0.1, 0.15) is 0 Å². The Labute approximate surface area is 47.3 Å². The van der Waals surface area contributed by atoms with E-state index in [1.165, 1.54) is 7.11 Å². The Kier molecular flexibility index (Phi) is 0.970. The van der Waals surface area contributed by atoms with Gasteiger partial charge in [0, 0.05) is 5.70 Å². The van der Waals surface area contributed by atoms with Crippen molar-refractivity contribution in [2.45, 2.75) is 6.04 Å². The van der Waals surface area contributed by atoms with Gasteiger partial charge in [0.2, 0.25) is 0 Å². The van der Waals surface area contributed by atoms with Gasteiger partial charge in [-0.2, -0.15) is 0 Å². The Bertz CT molecular complexity index is 141. The quantitative estimate of drug-likeness (QED) is 0.373. The Morgan fingerprint density at radius 1 is 2.00 bits per heavy atom. The summed E-state index contributed by atoms with van der Waals surface area (Å²) in [7, 11) is 1.36. The van der Waals surface area contributed by atoms with Gasteiger partial charge in [-0.3, -0.25) is 0 Å².